The number of rotatable bonds is 2. The highest BCUT2D eigenvalue weighted by Crippen LogP contribution is 2.29. The van der Waals surface area contributed by atoms with Crippen molar-refractivity contribution in [2.75, 3.05) is 0 Å². The van der Waals surface area contributed by atoms with Gasteiger partial charge in [-0.1, -0.05) is 30.3 Å². The van der Waals surface area contributed by atoms with Crippen LogP contribution in [0.2, 0.25) is 0 Å². The molecule has 2 rings (SSSR count). The lowest BCUT2D eigenvalue weighted by molar-refractivity contribution is 0.565. The van der Waals surface area contributed by atoms with Gasteiger partial charge in [0.1, 0.15) is 0 Å². The van der Waals surface area contributed by atoms with E-state index >= 15 is 0 Å². The third-order valence-electron chi connectivity index (χ3n) is 2.40. The minimum absolute atomic E-state index is 0.576. The normalized spacial score (nSPS) is 9.12. The van der Waals surface area contributed by atoms with Gasteiger partial charge in [0.2, 0.25) is 6.08 Å². The number of para-hydroxylation sites is 1. The number of hydrogen-bond acceptors (Lipinski definition) is 3. The molecule has 0 radical (unpaired) electrons. The van der Waals surface area contributed by atoms with Gasteiger partial charge in [-0.25, -0.2) is 4.79 Å². The van der Waals surface area contributed by atoms with Crippen LogP contribution in [0.5, 0.6) is 0 Å². The summed E-state index contributed by atoms with van der Waals surface area (Å²) in [6, 6.07) is 16.5. The molecule has 0 saturated heterocycles. The molecule has 0 amide bonds. The van der Waals surface area contributed by atoms with Crippen LogP contribution in [0.25, 0.3) is 11.1 Å². The molecule has 0 aliphatic rings. The number of nitriles is 1. The zero-order valence-corrected chi connectivity index (χ0v) is 8.92. The van der Waals surface area contributed by atoms with E-state index in [4.69, 9.17) is 5.26 Å². The highest BCUT2D eigenvalue weighted by atomic mass is 16.1. The van der Waals surface area contributed by atoms with Crippen molar-refractivity contribution in [2.45, 2.75) is 0 Å². The van der Waals surface area contributed by atoms with Gasteiger partial charge in [0.15, 0.2) is 0 Å². The SMILES string of the molecule is N#Cc1ccc(-c2ccccc2N=C=O)cc1. The highest BCUT2D eigenvalue weighted by Gasteiger charge is 2.03. The minimum atomic E-state index is 0.576. The van der Waals surface area contributed by atoms with Crippen LogP contribution < -0.4 is 0 Å². The zero-order chi connectivity index (χ0) is 12.1. The largest absolute Gasteiger partial charge is 0.240 e. The average molecular weight is 220 g/mol. The molecule has 0 unspecified atom stereocenters. The van der Waals surface area contributed by atoms with Crippen LogP contribution in [0, 0.1) is 11.3 Å². The molecule has 0 bridgehead atoms. The maximum atomic E-state index is 10.3. The molecular formula is C14H8N2O. The Bertz CT molecular complexity index is 617. The minimum Gasteiger partial charge on any atom is -0.211 e. The summed E-state index contributed by atoms with van der Waals surface area (Å²) < 4.78 is 0. The monoisotopic (exact) mass is 220 g/mol. The van der Waals surface area contributed by atoms with Gasteiger partial charge in [0, 0.05) is 5.56 Å². The highest BCUT2D eigenvalue weighted by molar-refractivity contribution is 5.77. The second kappa shape index (κ2) is 4.89. The predicted octanol–water partition coefficient (Wildman–Crippen LogP) is 3.19. The van der Waals surface area contributed by atoms with Crippen molar-refractivity contribution in [3.05, 3.63) is 54.1 Å². The van der Waals surface area contributed by atoms with Gasteiger partial charge in [-0.05, 0) is 23.8 Å². The molecule has 2 aromatic carbocycles. The Morgan fingerprint density at radius 3 is 2.35 bits per heavy atom. The Morgan fingerprint density at radius 1 is 1.00 bits per heavy atom. The molecule has 0 heterocycles. The van der Waals surface area contributed by atoms with E-state index in [1.165, 1.54) is 6.08 Å². The van der Waals surface area contributed by atoms with E-state index in [-0.39, 0.29) is 0 Å². The summed E-state index contributed by atoms with van der Waals surface area (Å²) in [7, 11) is 0. The summed E-state index contributed by atoms with van der Waals surface area (Å²) in [5, 5.41) is 8.72. The summed E-state index contributed by atoms with van der Waals surface area (Å²) >= 11 is 0. The maximum absolute atomic E-state index is 10.3. The van der Waals surface area contributed by atoms with E-state index in [0.29, 0.717) is 11.3 Å². The van der Waals surface area contributed by atoms with Crippen molar-refractivity contribution in [1.82, 2.24) is 0 Å². The first-order valence-corrected chi connectivity index (χ1v) is 5.02. The summed E-state index contributed by atoms with van der Waals surface area (Å²) in [5.41, 5.74) is 2.94. The van der Waals surface area contributed by atoms with Gasteiger partial charge in [0.05, 0.1) is 17.3 Å². The quantitative estimate of drug-likeness (QED) is 0.576. The van der Waals surface area contributed by atoms with Gasteiger partial charge in [0.25, 0.3) is 0 Å². The summed E-state index contributed by atoms with van der Waals surface area (Å²) in [6.07, 6.45) is 1.54. The molecule has 0 aliphatic carbocycles. The van der Waals surface area contributed by atoms with Crippen LogP contribution >= 0.6 is 0 Å². The molecule has 0 spiro atoms. The average Bonchev–Trinajstić information content (AvgIpc) is 2.40. The number of carbonyl (C=O) groups excluding carboxylic acids is 1. The van der Waals surface area contributed by atoms with E-state index in [1.54, 1.807) is 18.2 Å². The van der Waals surface area contributed by atoms with Crippen LogP contribution in [0.3, 0.4) is 0 Å². The van der Waals surface area contributed by atoms with Crippen molar-refractivity contribution in [3.8, 4) is 17.2 Å². The Hall–Kier alpha value is -2.69. The lowest BCUT2D eigenvalue weighted by Crippen LogP contribution is -1.80. The molecule has 2 aromatic rings. The Kier molecular flexibility index (Phi) is 3.11. The molecule has 0 fully saturated rings. The van der Waals surface area contributed by atoms with Crippen molar-refractivity contribution in [1.29, 1.82) is 5.26 Å². The Labute approximate surface area is 98.7 Å². The molecule has 0 atom stereocenters. The summed E-state index contributed by atoms with van der Waals surface area (Å²) in [5.74, 6) is 0. The smallest absolute Gasteiger partial charge is 0.211 e. The van der Waals surface area contributed by atoms with E-state index < -0.39 is 0 Å². The second-order valence-electron chi connectivity index (χ2n) is 3.41. The van der Waals surface area contributed by atoms with E-state index in [0.717, 1.165) is 11.1 Å². The van der Waals surface area contributed by atoms with Gasteiger partial charge >= 0.3 is 0 Å². The van der Waals surface area contributed by atoms with Crippen LogP contribution in [0.15, 0.2) is 53.5 Å². The fourth-order valence-corrected chi connectivity index (χ4v) is 1.59. The van der Waals surface area contributed by atoms with Gasteiger partial charge < -0.3 is 0 Å². The predicted molar refractivity (Wildman–Crippen MR) is 64.4 cm³/mol. The molecule has 80 valence electrons. The van der Waals surface area contributed by atoms with Crippen molar-refractivity contribution in [2.24, 2.45) is 4.99 Å². The van der Waals surface area contributed by atoms with Crippen molar-refractivity contribution in [3.63, 3.8) is 0 Å². The molecule has 0 saturated carbocycles. The Balaban J connectivity index is 2.52. The van der Waals surface area contributed by atoms with Crippen molar-refractivity contribution < 1.29 is 4.79 Å². The van der Waals surface area contributed by atoms with E-state index in [2.05, 4.69) is 11.1 Å². The van der Waals surface area contributed by atoms with Crippen LogP contribution in [-0.4, -0.2) is 6.08 Å². The number of hydrogen-bond donors (Lipinski definition) is 0. The molecule has 0 aromatic heterocycles. The molecule has 0 aliphatic heterocycles. The zero-order valence-electron chi connectivity index (χ0n) is 8.92. The first-order valence-electron chi connectivity index (χ1n) is 5.02. The summed E-state index contributed by atoms with van der Waals surface area (Å²) in [4.78, 5) is 14.0. The van der Waals surface area contributed by atoms with Crippen LogP contribution in [0.1, 0.15) is 5.56 Å². The van der Waals surface area contributed by atoms with Gasteiger partial charge in [-0.3, -0.25) is 0 Å². The maximum Gasteiger partial charge on any atom is 0.240 e. The van der Waals surface area contributed by atoms with E-state index in [1.807, 2.05) is 30.3 Å². The number of isocyanates is 1. The number of nitrogens with zero attached hydrogens (tertiary/aromatic N) is 2. The standard InChI is InChI=1S/C14H8N2O/c15-9-11-5-7-12(8-6-11)13-3-1-2-4-14(13)16-10-17/h1-8H. The Morgan fingerprint density at radius 2 is 1.71 bits per heavy atom. The topological polar surface area (TPSA) is 53.2 Å². The molecule has 3 nitrogen and oxygen atoms in total. The van der Waals surface area contributed by atoms with Crippen molar-refractivity contribution >= 4 is 11.8 Å². The fourth-order valence-electron chi connectivity index (χ4n) is 1.59. The third-order valence-corrected chi connectivity index (χ3v) is 2.40. The second-order valence-corrected chi connectivity index (χ2v) is 3.41. The van der Waals surface area contributed by atoms with Gasteiger partial charge in [-0.15, -0.1) is 0 Å². The molecular weight excluding hydrogens is 212 g/mol. The number of benzene rings is 2. The first-order chi connectivity index (χ1) is 8.35. The lowest BCUT2D eigenvalue weighted by Gasteiger charge is -2.04. The molecule has 3 heteroatoms. The fraction of sp³-hybridized carbons (Fsp3) is 0. The molecule has 0 N–H and O–H groups in total. The third kappa shape index (κ3) is 2.28. The molecule has 17 heavy (non-hydrogen) atoms. The van der Waals surface area contributed by atoms with Crippen LogP contribution in [0.4, 0.5) is 5.69 Å². The lowest BCUT2D eigenvalue weighted by atomic mass is 10.0. The first kappa shape index (κ1) is 10.8. The van der Waals surface area contributed by atoms with E-state index in [9.17, 15) is 4.79 Å². The van der Waals surface area contributed by atoms with Gasteiger partial charge in [-0.2, -0.15) is 10.3 Å². The van der Waals surface area contributed by atoms with Crippen LogP contribution in [-0.2, 0) is 4.79 Å². The number of aliphatic imine (C=N–C) groups is 1. The summed E-state index contributed by atoms with van der Waals surface area (Å²) in [6.45, 7) is 0.